The molecule has 4 fully saturated rings. The number of aromatic nitrogens is 1. The molecule has 4 heterocycles. The number of piperidine rings is 1. The van der Waals surface area contributed by atoms with Crippen molar-refractivity contribution in [1.82, 2.24) is 9.88 Å². The van der Waals surface area contributed by atoms with Crippen LogP contribution in [0.1, 0.15) is 61.0 Å². The smallest absolute Gasteiger partial charge is 0.267 e. The number of nitrogens with zero attached hydrogens (tertiary/aromatic N) is 2. The molecule has 3 saturated heterocycles. The Hall–Kier alpha value is -1.21. The monoisotopic (exact) mass is 421 g/mol. The number of hydrogen-bond acceptors (Lipinski definition) is 5. The zero-order chi connectivity index (χ0) is 19.3. The Balaban J connectivity index is 0.00000205. The number of hydrogen-bond donors (Lipinski definition) is 1. The Labute approximate surface area is 178 Å². The van der Waals surface area contributed by atoms with Crippen molar-refractivity contribution in [2.24, 2.45) is 17.6 Å². The van der Waals surface area contributed by atoms with E-state index in [0.29, 0.717) is 35.8 Å². The molecular formula is C22H32ClN3O3. The fourth-order valence-electron chi connectivity index (χ4n) is 6.62. The maximum Gasteiger partial charge on any atom is 0.267 e. The highest BCUT2D eigenvalue weighted by Crippen LogP contribution is 2.52. The van der Waals surface area contributed by atoms with Gasteiger partial charge in [-0.25, -0.2) is 0 Å². The first kappa shape index (κ1) is 21.0. The van der Waals surface area contributed by atoms with E-state index in [9.17, 15) is 4.79 Å². The lowest BCUT2D eigenvalue weighted by Gasteiger charge is -2.57. The Kier molecular flexibility index (Phi) is 5.90. The molecule has 7 heteroatoms. The Morgan fingerprint density at radius 3 is 2.45 bits per heavy atom. The first-order valence-corrected chi connectivity index (χ1v) is 10.8. The molecule has 3 aliphatic heterocycles. The molecule has 4 bridgehead atoms. The normalized spacial score (nSPS) is 39.0. The van der Waals surface area contributed by atoms with Gasteiger partial charge in [0, 0.05) is 44.3 Å². The summed E-state index contributed by atoms with van der Waals surface area (Å²) < 4.78 is 12.4. The molecule has 1 aliphatic carbocycles. The predicted octanol–water partition coefficient (Wildman–Crippen LogP) is 2.89. The van der Waals surface area contributed by atoms with Gasteiger partial charge in [0.2, 0.25) is 0 Å². The zero-order valence-electron chi connectivity index (χ0n) is 17.1. The number of nitrogens with two attached hydrogens (primary N) is 1. The molecular weight excluding hydrogens is 390 g/mol. The van der Waals surface area contributed by atoms with Gasteiger partial charge in [0.25, 0.3) is 5.91 Å². The standard InChI is InChI=1S/C22H31N3O3.ClH/c1-27-22(14-7-8-24-20(9-14)21(23)26)15-3-2-4-16(22)13-25(12-15)17-10-18-5-6-19(11-17)28-18;/h7-9,15-19H,2-6,10-13H2,1H3,(H2,23,26);1H/t15-,16+,17-,18+,19-,22?;. The van der Waals surface area contributed by atoms with Gasteiger partial charge in [-0.1, -0.05) is 6.42 Å². The largest absolute Gasteiger partial charge is 0.375 e. The average Bonchev–Trinajstić information content (AvgIpc) is 3.04. The van der Waals surface area contributed by atoms with E-state index < -0.39 is 5.91 Å². The first-order chi connectivity index (χ1) is 13.6. The molecule has 1 amide bonds. The summed E-state index contributed by atoms with van der Waals surface area (Å²) in [7, 11) is 1.83. The lowest BCUT2D eigenvalue weighted by atomic mass is 9.62. The van der Waals surface area contributed by atoms with Gasteiger partial charge in [-0.2, -0.15) is 0 Å². The van der Waals surface area contributed by atoms with E-state index in [1.54, 1.807) is 6.20 Å². The van der Waals surface area contributed by atoms with E-state index in [4.69, 9.17) is 15.2 Å². The lowest BCUT2D eigenvalue weighted by molar-refractivity contribution is -0.180. The number of fused-ring (bicyclic) bond motifs is 4. The SMILES string of the molecule is COC1(c2ccnc(C(N)=O)c2)[C@@H]2CCC[C@H]1CN([C@H]1C[C@H]3CC[C@@H](C1)O3)C2.Cl. The fraction of sp³-hybridized carbons (Fsp3) is 0.727. The van der Waals surface area contributed by atoms with E-state index in [-0.39, 0.29) is 18.0 Å². The quantitative estimate of drug-likeness (QED) is 0.808. The van der Waals surface area contributed by atoms with Gasteiger partial charge in [-0.3, -0.25) is 14.7 Å². The van der Waals surface area contributed by atoms with Crippen LogP contribution in [0.3, 0.4) is 0 Å². The Bertz CT molecular complexity index is 735. The molecule has 160 valence electrons. The van der Waals surface area contributed by atoms with Crippen LogP contribution >= 0.6 is 12.4 Å². The molecule has 29 heavy (non-hydrogen) atoms. The van der Waals surface area contributed by atoms with Gasteiger partial charge in [0.15, 0.2) is 0 Å². The average molecular weight is 422 g/mol. The van der Waals surface area contributed by atoms with Crippen LogP contribution in [0.15, 0.2) is 18.3 Å². The van der Waals surface area contributed by atoms with Crippen LogP contribution in [0.4, 0.5) is 0 Å². The number of halogens is 1. The molecule has 6 nitrogen and oxygen atoms in total. The minimum atomic E-state index is -0.478. The van der Waals surface area contributed by atoms with Crippen LogP contribution < -0.4 is 5.73 Å². The van der Waals surface area contributed by atoms with Gasteiger partial charge >= 0.3 is 0 Å². The summed E-state index contributed by atoms with van der Waals surface area (Å²) in [6.45, 7) is 2.12. The van der Waals surface area contributed by atoms with Gasteiger partial charge in [0.1, 0.15) is 11.3 Å². The molecule has 0 aromatic carbocycles. The number of primary amides is 1. The summed E-state index contributed by atoms with van der Waals surface area (Å²) in [6, 6.07) is 4.52. The third kappa shape index (κ3) is 3.48. The minimum absolute atomic E-state index is 0. The van der Waals surface area contributed by atoms with Crippen LogP contribution in [0.2, 0.25) is 0 Å². The summed E-state index contributed by atoms with van der Waals surface area (Å²) in [6.07, 6.45) is 11.0. The number of likely N-dealkylation sites (tertiary alicyclic amines) is 1. The van der Waals surface area contributed by atoms with Crippen LogP contribution in [0.25, 0.3) is 0 Å². The maximum atomic E-state index is 11.7. The van der Waals surface area contributed by atoms with E-state index >= 15 is 0 Å². The van der Waals surface area contributed by atoms with Crippen molar-refractivity contribution in [3.63, 3.8) is 0 Å². The second-order valence-electron chi connectivity index (χ2n) is 9.15. The van der Waals surface area contributed by atoms with E-state index in [2.05, 4.69) is 9.88 Å². The Morgan fingerprint density at radius 2 is 1.86 bits per heavy atom. The maximum absolute atomic E-state index is 11.7. The van der Waals surface area contributed by atoms with Crippen molar-refractivity contribution >= 4 is 18.3 Å². The third-order valence-electron chi connectivity index (χ3n) is 7.81. The second kappa shape index (κ2) is 8.14. The van der Waals surface area contributed by atoms with Crippen LogP contribution in [0.5, 0.6) is 0 Å². The summed E-state index contributed by atoms with van der Waals surface area (Å²) in [5.41, 5.74) is 6.56. The molecule has 6 atom stereocenters. The van der Waals surface area contributed by atoms with Crippen molar-refractivity contribution in [2.75, 3.05) is 20.2 Å². The number of methoxy groups -OCH3 is 1. The minimum Gasteiger partial charge on any atom is -0.375 e. The van der Waals surface area contributed by atoms with Gasteiger partial charge in [0.05, 0.1) is 12.2 Å². The van der Waals surface area contributed by atoms with Crippen molar-refractivity contribution in [2.45, 2.75) is 68.8 Å². The number of amides is 1. The molecule has 5 rings (SSSR count). The highest BCUT2D eigenvalue weighted by atomic mass is 35.5. The van der Waals surface area contributed by atoms with Crippen LogP contribution in [0, 0.1) is 11.8 Å². The number of pyridine rings is 1. The van der Waals surface area contributed by atoms with Gasteiger partial charge in [-0.05, 0) is 56.2 Å². The molecule has 2 N–H and O–H groups in total. The summed E-state index contributed by atoms with van der Waals surface area (Å²) in [5, 5.41) is 0. The molecule has 1 saturated carbocycles. The number of rotatable bonds is 4. The van der Waals surface area contributed by atoms with Crippen molar-refractivity contribution in [3.05, 3.63) is 29.6 Å². The number of ether oxygens (including phenoxy) is 2. The molecule has 1 aromatic heterocycles. The number of carbonyl (C=O) groups is 1. The summed E-state index contributed by atoms with van der Waals surface area (Å²) in [5.74, 6) is 0.371. The zero-order valence-corrected chi connectivity index (χ0v) is 17.9. The van der Waals surface area contributed by atoms with Crippen molar-refractivity contribution < 1.29 is 14.3 Å². The summed E-state index contributed by atoms with van der Waals surface area (Å²) >= 11 is 0. The van der Waals surface area contributed by atoms with E-state index in [1.807, 2.05) is 19.2 Å². The highest BCUT2D eigenvalue weighted by molar-refractivity contribution is 5.90. The molecule has 1 unspecified atom stereocenters. The second-order valence-corrected chi connectivity index (χ2v) is 9.15. The topological polar surface area (TPSA) is 77.7 Å². The van der Waals surface area contributed by atoms with Gasteiger partial charge < -0.3 is 15.2 Å². The predicted molar refractivity (Wildman–Crippen MR) is 112 cm³/mol. The fourth-order valence-corrected chi connectivity index (χ4v) is 6.62. The number of carbonyl (C=O) groups excluding carboxylic acids is 1. The van der Waals surface area contributed by atoms with E-state index in [1.165, 1.54) is 32.1 Å². The molecule has 4 aliphatic rings. The van der Waals surface area contributed by atoms with Crippen molar-refractivity contribution in [3.8, 4) is 0 Å². The van der Waals surface area contributed by atoms with Gasteiger partial charge in [-0.15, -0.1) is 12.4 Å². The molecule has 0 spiro atoms. The molecule has 0 radical (unpaired) electrons. The molecule has 1 aromatic rings. The Morgan fingerprint density at radius 1 is 1.21 bits per heavy atom. The van der Waals surface area contributed by atoms with Crippen molar-refractivity contribution in [1.29, 1.82) is 0 Å². The van der Waals surface area contributed by atoms with Crippen LogP contribution in [-0.4, -0.2) is 54.2 Å². The first-order valence-electron chi connectivity index (χ1n) is 10.8. The van der Waals surface area contributed by atoms with Crippen LogP contribution in [-0.2, 0) is 15.1 Å². The highest BCUT2D eigenvalue weighted by Gasteiger charge is 2.54. The lowest BCUT2D eigenvalue weighted by Crippen LogP contribution is -2.61. The third-order valence-corrected chi connectivity index (χ3v) is 7.81. The van der Waals surface area contributed by atoms with E-state index in [0.717, 1.165) is 31.5 Å². The summed E-state index contributed by atoms with van der Waals surface area (Å²) in [4.78, 5) is 18.6.